The van der Waals surface area contributed by atoms with Crippen LogP contribution in [0.5, 0.6) is 0 Å². The number of hydrogen-bond acceptors (Lipinski definition) is 7. The van der Waals surface area contributed by atoms with E-state index < -0.39 is 0 Å². The number of hydrazine groups is 1. The van der Waals surface area contributed by atoms with Crippen molar-refractivity contribution in [1.82, 2.24) is 20.2 Å². The summed E-state index contributed by atoms with van der Waals surface area (Å²) in [5.74, 6) is 6.50. The van der Waals surface area contributed by atoms with Crippen molar-refractivity contribution in [2.24, 2.45) is 5.84 Å². The minimum Gasteiger partial charge on any atom is -0.368 e. The molecule has 7 nitrogen and oxygen atoms in total. The van der Waals surface area contributed by atoms with Gasteiger partial charge in [0.05, 0.1) is 11.6 Å². The molecule has 96 valence electrons. The first-order valence-electron chi connectivity index (χ1n) is 5.73. The molecule has 0 radical (unpaired) electrons. The molecular weight excluding hydrogens is 250 g/mol. The van der Waals surface area contributed by atoms with Crippen LogP contribution in [0.15, 0.2) is 6.20 Å². The molecule has 0 saturated heterocycles. The van der Waals surface area contributed by atoms with Gasteiger partial charge >= 0.3 is 0 Å². The van der Waals surface area contributed by atoms with Gasteiger partial charge in [-0.25, -0.2) is 5.84 Å². The van der Waals surface area contributed by atoms with Crippen LogP contribution in [0.3, 0.4) is 0 Å². The molecule has 0 unspecified atom stereocenters. The maximum atomic E-state index is 5.36. The predicted octanol–water partition coefficient (Wildman–Crippen LogP) is 0.946. The first kappa shape index (κ1) is 11.5. The van der Waals surface area contributed by atoms with Crippen LogP contribution in [-0.2, 0) is 0 Å². The molecule has 0 amide bonds. The SMILES string of the molecule is CSC1(CNc2nc(NN)nc3[nH]ncc23)CC1. The maximum Gasteiger partial charge on any atom is 0.241 e. The van der Waals surface area contributed by atoms with E-state index in [1.165, 1.54) is 12.8 Å². The van der Waals surface area contributed by atoms with Crippen molar-refractivity contribution in [3.8, 4) is 0 Å². The van der Waals surface area contributed by atoms with E-state index >= 15 is 0 Å². The number of nitrogens with two attached hydrogens (primary N) is 1. The Bertz CT molecular complexity index is 562. The minimum atomic E-state index is 0.372. The Kier molecular flexibility index (Phi) is 2.75. The number of hydrogen-bond donors (Lipinski definition) is 4. The molecule has 0 bridgehead atoms. The van der Waals surface area contributed by atoms with Crippen LogP contribution in [0.4, 0.5) is 11.8 Å². The zero-order valence-electron chi connectivity index (χ0n) is 10.0. The lowest BCUT2D eigenvalue weighted by Crippen LogP contribution is -2.19. The molecule has 3 rings (SSSR count). The van der Waals surface area contributed by atoms with Gasteiger partial charge in [0.15, 0.2) is 5.65 Å². The first-order valence-corrected chi connectivity index (χ1v) is 6.95. The molecule has 8 heteroatoms. The molecule has 1 fully saturated rings. The second kappa shape index (κ2) is 4.29. The zero-order valence-corrected chi connectivity index (χ0v) is 10.8. The highest BCUT2D eigenvalue weighted by molar-refractivity contribution is 8.00. The quantitative estimate of drug-likeness (QED) is 0.471. The number of nitrogens with one attached hydrogen (secondary N) is 3. The van der Waals surface area contributed by atoms with E-state index in [2.05, 4.69) is 37.2 Å². The molecule has 2 aromatic heterocycles. The van der Waals surface area contributed by atoms with Crippen LogP contribution < -0.4 is 16.6 Å². The normalized spacial score (nSPS) is 16.8. The number of anilines is 2. The van der Waals surface area contributed by atoms with Gasteiger partial charge in [-0.3, -0.25) is 10.5 Å². The second-order valence-electron chi connectivity index (χ2n) is 4.41. The molecule has 2 heterocycles. The summed E-state index contributed by atoms with van der Waals surface area (Å²) in [7, 11) is 0. The molecule has 1 aliphatic carbocycles. The molecule has 0 aliphatic heterocycles. The van der Waals surface area contributed by atoms with E-state index in [1.54, 1.807) is 6.20 Å². The summed E-state index contributed by atoms with van der Waals surface area (Å²) >= 11 is 1.91. The smallest absolute Gasteiger partial charge is 0.241 e. The van der Waals surface area contributed by atoms with Crippen LogP contribution in [0.2, 0.25) is 0 Å². The van der Waals surface area contributed by atoms with Crippen LogP contribution in [0.1, 0.15) is 12.8 Å². The van der Waals surface area contributed by atoms with Crippen LogP contribution in [0.25, 0.3) is 11.0 Å². The molecule has 5 N–H and O–H groups in total. The van der Waals surface area contributed by atoms with E-state index in [0.717, 1.165) is 17.7 Å². The first-order chi connectivity index (χ1) is 8.76. The molecule has 1 aliphatic rings. The van der Waals surface area contributed by atoms with Crippen molar-refractivity contribution >= 4 is 34.6 Å². The summed E-state index contributed by atoms with van der Waals surface area (Å²) in [4.78, 5) is 8.51. The Morgan fingerprint density at radius 1 is 1.50 bits per heavy atom. The largest absolute Gasteiger partial charge is 0.368 e. The van der Waals surface area contributed by atoms with E-state index in [-0.39, 0.29) is 0 Å². The van der Waals surface area contributed by atoms with Gasteiger partial charge < -0.3 is 5.32 Å². The van der Waals surface area contributed by atoms with Crippen molar-refractivity contribution in [2.75, 3.05) is 23.5 Å². The van der Waals surface area contributed by atoms with Gasteiger partial charge in [-0.15, -0.1) is 0 Å². The Hall–Kier alpha value is -1.54. The average Bonchev–Trinajstić information content (AvgIpc) is 3.04. The molecule has 0 atom stereocenters. The summed E-state index contributed by atoms with van der Waals surface area (Å²) in [6, 6.07) is 0. The summed E-state index contributed by atoms with van der Waals surface area (Å²) in [6.07, 6.45) is 6.37. The van der Waals surface area contributed by atoms with Crippen LogP contribution >= 0.6 is 11.8 Å². The molecule has 2 aromatic rings. The number of nitrogens with zero attached hydrogens (tertiary/aromatic N) is 3. The fourth-order valence-corrected chi connectivity index (χ4v) is 2.60. The summed E-state index contributed by atoms with van der Waals surface area (Å²) in [5.41, 5.74) is 3.14. The van der Waals surface area contributed by atoms with Gasteiger partial charge in [-0.05, 0) is 19.1 Å². The van der Waals surface area contributed by atoms with Crippen molar-refractivity contribution in [1.29, 1.82) is 0 Å². The monoisotopic (exact) mass is 265 g/mol. The van der Waals surface area contributed by atoms with Gasteiger partial charge in [0, 0.05) is 11.3 Å². The van der Waals surface area contributed by atoms with E-state index in [1.807, 2.05) is 11.8 Å². The van der Waals surface area contributed by atoms with Crippen molar-refractivity contribution < 1.29 is 0 Å². The third-order valence-electron chi connectivity index (χ3n) is 3.26. The van der Waals surface area contributed by atoms with E-state index in [4.69, 9.17) is 5.84 Å². The summed E-state index contributed by atoms with van der Waals surface area (Å²) < 4.78 is 0.372. The number of thioether (sulfide) groups is 1. The number of fused-ring (bicyclic) bond motifs is 1. The van der Waals surface area contributed by atoms with Gasteiger partial charge in [-0.1, -0.05) is 0 Å². The number of aromatic nitrogens is 4. The van der Waals surface area contributed by atoms with Gasteiger partial charge in [0.1, 0.15) is 5.82 Å². The lowest BCUT2D eigenvalue weighted by Gasteiger charge is -2.14. The molecule has 0 spiro atoms. The average molecular weight is 265 g/mol. The highest BCUT2D eigenvalue weighted by Gasteiger charge is 2.41. The van der Waals surface area contributed by atoms with E-state index in [9.17, 15) is 0 Å². The Balaban J connectivity index is 1.87. The molecule has 1 saturated carbocycles. The molecule has 18 heavy (non-hydrogen) atoms. The molecule has 0 aromatic carbocycles. The van der Waals surface area contributed by atoms with E-state index in [0.29, 0.717) is 16.3 Å². The number of rotatable bonds is 5. The Labute approximate surface area is 108 Å². The third-order valence-corrected chi connectivity index (χ3v) is 4.68. The Morgan fingerprint density at radius 3 is 3.00 bits per heavy atom. The summed E-state index contributed by atoms with van der Waals surface area (Å²) in [6.45, 7) is 0.898. The lowest BCUT2D eigenvalue weighted by molar-refractivity contribution is 0.940. The standard InChI is InChI=1S/C10H15N7S/c1-18-10(2-3-10)5-12-7-6-4-13-17-8(6)15-9(14-7)16-11/h4H,2-3,5,11H2,1H3,(H3,12,13,14,15,16,17). The fraction of sp³-hybridized carbons (Fsp3) is 0.500. The molecular formula is C10H15N7S. The fourth-order valence-electron chi connectivity index (χ4n) is 1.87. The van der Waals surface area contributed by atoms with Gasteiger partial charge in [-0.2, -0.15) is 26.8 Å². The lowest BCUT2D eigenvalue weighted by atomic mass is 10.3. The van der Waals surface area contributed by atoms with Crippen molar-refractivity contribution in [3.05, 3.63) is 6.20 Å². The highest BCUT2D eigenvalue weighted by atomic mass is 32.2. The van der Waals surface area contributed by atoms with Crippen LogP contribution in [-0.4, -0.2) is 37.7 Å². The van der Waals surface area contributed by atoms with Crippen LogP contribution in [0, 0.1) is 0 Å². The third kappa shape index (κ3) is 1.97. The summed E-state index contributed by atoms with van der Waals surface area (Å²) in [5, 5.41) is 11.1. The number of aromatic amines is 1. The second-order valence-corrected chi connectivity index (χ2v) is 5.69. The minimum absolute atomic E-state index is 0.372. The number of H-pyrrole nitrogens is 1. The topological polar surface area (TPSA) is 105 Å². The van der Waals surface area contributed by atoms with Crippen molar-refractivity contribution in [2.45, 2.75) is 17.6 Å². The predicted molar refractivity (Wildman–Crippen MR) is 73.5 cm³/mol. The maximum absolute atomic E-state index is 5.36. The zero-order chi connectivity index (χ0) is 12.6. The Morgan fingerprint density at radius 2 is 2.33 bits per heavy atom. The number of nitrogen functional groups attached to an aromatic ring is 1. The van der Waals surface area contributed by atoms with Gasteiger partial charge in [0.2, 0.25) is 5.95 Å². The van der Waals surface area contributed by atoms with Crippen molar-refractivity contribution in [3.63, 3.8) is 0 Å². The van der Waals surface area contributed by atoms with Gasteiger partial charge in [0.25, 0.3) is 0 Å². The highest BCUT2D eigenvalue weighted by Crippen LogP contribution is 2.47.